The van der Waals surface area contributed by atoms with Gasteiger partial charge in [0.2, 0.25) is 0 Å². The molecule has 20 heavy (non-hydrogen) atoms. The second-order valence-electron chi connectivity index (χ2n) is 5.90. The summed E-state index contributed by atoms with van der Waals surface area (Å²) in [6.07, 6.45) is 6.05. The minimum Gasteiger partial charge on any atom is -0.477 e. The molecule has 2 fully saturated rings. The van der Waals surface area contributed by atoms with Crippen molar-refractivity contribution in [3.8, 4) is 0 Å². The summed E-state index contributed by atoms with van der Waals surface area (Å²) in [6.45, 7) is 0. The van der Waals surface area contributed by atoms with Gasteiger partial charge in [-0.1, -0.05) is 0 Å². The Balaban J connectivity index is 2.04. The van der Waals surface area contributed by atoms with Crippen molar-refractivity contribution in [1.82, 2.24) is 4.98 Å². The van der Waals surface area contributed by atoms with Crippen LogP contribution in [0.25, 0.3) is 0 Å². The van der Waals surface area contributed by atoms with E-state index in [4.69, 9.17) is 5.11 Å². The molecule has 1 aromatic rings. The van der Waals surface area contributed by atoms with Crippen LogP contribution in [0.15, 0.2) is 6.07 Å². The average Bonchev–Trinajstić information content (AvgIpc) is 3.24. The van der Waals surface area contributed by atoms with E-state index in [1.807, 2.05) is 0 Å². The van der Waals surface area contributed by atoms with Crippen LogP contribution in [-0.4, -0.2) is 27.1 Å². The Morgan fingerprint density at radius 1 is 1.05 bits per heavy atom. The minimum atomic E-state index is -1.16. The summed E-state index contributed by atoms with van der Waals surface area (Å²) in [7, 11) is 0. The number of hydrogen-bond donors (Lipinski definition) is 2. The Bertz CT molecular complexity index is 573. The van der Waals surface area contributed by atoms with Gasteiger partial charge in [0.05, 0.1) is 0 Å². The maximum absolute atomic E-state index is 11.4. The summed E-state index contributed by atoms with van der Waals surface area (Å²) in [6, 6.07) is 1.57. The third-order valence-corrected chi connectivity index (χ3v) is 4.03. The van der Waals surface area contributed by atoms with Gasteiger partial charge in [-0.25, -0.2) is 14.6 Å². The largest absolute Gasteiger partial charge is 0.477 e. The molecule has 0 radical (unpaired) electrons. The fourth-order valence-electron chi connectivity index (χ4n) is 2.56. The van der Waals surface area contributed by atoms with Gasteiger partial charge < -0.3 is 10.2 Å². The van der Waals surface area contributed by atoms with Crippen molar-refractivity contribution in [2.75, 3.05) is 0 Å². The molecule has 2 aliphatic carbocycles. The van der Waals surface area contributed by atoms with Crippen molar-refractivity contribution in [2.24, 2.45) is 11.8 Å². The minimum absolute atomic E-state index is 0.0625. The van der Waals surface area contributed by atoms with Crippen molar-refractivity contribution in [2.45, 2.75) is 38.5 Å². The number of carboxylic acids is 2. The third kappa shape index (κ3) is 2.81. The van der Waals surface area contributed by atoms with E-state index < -0.39 is 11.9 Å². The summed E-state index contributed by atoms with van der Waals surface area (Å²) < 4.78 is 0. The van der Waals surface area contributed by atoms with E-state index in [1.165, 1.54) is 0 Å². The highest BCUT2D eigenvalue weighted by Crippen LogP contribution is 2.38. The number of aromatic nitrogens is 1. The fourth-order valence-corrected chi connectivity index (χ4v) is 2.56. The molecular weight excluding hydrogens is 258 g/mol. The zero-order valence-electron chi connectivity index (χ0n) is 11.1. The molecule has 0 aliphatic heterocycles. The lowest BCUT2D eigenvalue weighted by Crippen LogP contribution is -2.15. The standard InChI is InChI=1S/C15H17NO4/c17-14(18)12-7-10(5-8-1-2-8)11(6-9-3-4-9)13(16-12)15(19)20/h7-9H,1-6H2,(H,17,18)(H,19,20). The molecule has 3 rings (SSSR count). The van der Waals surface area contributed by atoms with Crippen LogP contribution in [0.4, 0.5) is 0 Å². The Kier molecular flexibility index (Phi) is 3.20. The summed E-state index contributed by atoms with van der Waals surface area (Å²) in [5.41, 5.74) is 1.42. The SMILES string of the molecule is O=C(O)c1cc(CC2CC2)c(CC2CC2)c(C(=O)O)n1. The van der Waals surface area contributed by atoms with Crippen molar-refractivity contribution in [3.63, 3.8) is 0 Å². The van der Waals surface area contributed by atoms with Crippen LogP contribution in [0.5, 0.6) is 0 Å². The molecule has 2 aliphatic rings. The molecule has 1 aromatic heterocycles. The Labute approximate surface area is 116 Å². The lowest BCUT2D eigenvalue weighted by molar-refractivity contribution is 0.0683. The second kappa shape index (κ2) is 4.89. The maximum atomic E-state index is 11.4. The average molecular weight is 275 g/mol. The molecule has 106 valence electrons. The highest BCUT2D eigenvalue weighted by atomic mass is 16.4. The predicted molar refractivity (Wildman–Crippen MR) is 71.0 cm³/mol. The van der Waals surface area contributed by atoms with E-state index in [2.05, 4.69) is 4.98 Å². The van der Waals surface area contributed by atoms with Gasteiger partial charge in [-0.15, -0.1) is 0 Å². The van der Waals surface area contributed by atoms with E-state index in [0.717, 1.165) is 49.7 Å². The number of pyridine rings is 1. The zero-order valence-corrected chi connectivity index (χ0v) is 11.1. The Morgan fingerprint density at radius 2 is 1.65 bits per heavy atom. The smallest absolute Gasteiger partial charge is 0.354 e. The highest BCUT2D eigenvalue weighted by Gasteiger charge is 2.30. The molecule has 0 aromatic carbocycles. The van der Waals surface area contributed by atoms with Gasteiger partial charge in [-0.05, 0) is 67.6 Å². The summed E-state index contributed by atoms with van der Waals surface area (Å²) in [5.74, 6) is -1.16. The van der Waals surface area contributed by atoms with Crippen molar-refractivity contribution < 1.29 is 19.8 Å². The third-order valence-electron chi connectivity index (χ3n) is 4.03. The van der Waals surface area contributed by atoms with Gasteiger partial charge in [0.15, 0.2) is 5.69 Å². The lowest BCUT2D eigenvalue weighted by Gasteiger charge is -2.13. The van der Waals surface area contributed by atoms with E-state index in [1.54, 1.807) is 6.07 Å². The monoisotopic (exact) mass is 275 g/mol. The number of rotatable bonds is 6. The predicted octanol–water partition coefficient (Wildman–Crippen LogP) is 2.38. The first kappa shape index (κ1) is 13.1. The van der Waals surface area contributed by atoms with Gasteiger partial charge in [0, 0.05) is 0 Å². The van der Waals surface area contributed by atoms with Gasteiger partial charge in [-0.3, -0.25) is 0 Å². The highest BCUT2D eigenvalue weighted by molar-refractivity contribution is 5.91. The number of hydrogen-bond acceptors (Lipinski definition) is 3. The molecule has 0 amide bonds. The summed E-state index contributed by atoms with van der Waals surface area (Å²) in [4.78, 5) is 26.4. The molecule has 0 atom stereocenters. The molecule has 0 bridgehead atoms. The molecule has 0 saturated heterocycles. The molecular formula is C15H17NO4. The van der Waals surface area contributed by atoms with Gasteiger partial charge in [0.25, 0.3) is 0 Å². The van der Waals surface area contributed by atoms with Gasteiger partial charge >= 0.3 is 11.9 Å². The molecule has 1 heterocycles. The van der Waals surface area contributed by atoms with Crippen molar-refractivity contribution in [1.29, 1.82) is 0 Å². The van der Waals surface area contributed by atoms with Crippen LogP contribution in [0, 0.1) is 11.8 Å². The normalized spacial score (nSPS) is 18.0. The molecule has 5 nitrogen and oxygen atoms in total. The summed E-state index contributed by atoms with van der Waals surface area (Å²) >= 11 is 0. The summed E-state index contributed by atoms with van der Waals surface area (Å²) in [5, 5.41) is 18.4. The topological polar surface area (TPSA) is 87.5 Å². The first-order valence-electron chi connectivity index (χ1n) is 7.04. The van der Waals surface area contributed by atoms with Crippen LogP contribution in [0.3, 0.4) is 0 Å². The maximum Gasteiger partial charge on any atom is 0.354 e. The van der Waals surface area contributed by atoms with Crippen LogP contribution in [0.2, 0.25) is 0 Å². The number of carboxylic acid groups (broad SMARTS) is 2. The van der Waals surface area contributed by atoms with Crippen LogP contribution >= 0.6 is 0 Å². The van der Waals surface area contributed by atoms with Gasteiger partial charge in [0.1, 0.15) is 5.69 Å². The number of carbonyl (C=O) groups is 2. The van der Waals surface area contributed by atoms with E-state index in [0.29, 0.717) is 11.8 Å². The number of aromatic carboxylic acids is 2. The molecule has 2 saturated carbocycles. The molecule has 2 N–H and O–H groups in total. The van der Waals surface area contributed by atoms with Crippen LogP contribution in [-0.2, 0) is 12.8 Å². The van der Waals surface area contributed by atoms with Crippen molar-refractivity contribution >= 4 is 11.9 Å². The van der Waals surface area contributed by atoms with E-state index >= 15 is 0 Å². The Hall–Kier alpha value is -1.91. The first-order valence-corrected chi connectivity index (χ1v) is 7.04. The van der Waals surface area contributed by atoms with E-state index in [-0.39, 0.29) is 11.4 Å². The molecule has 0 unspecified atom stereocenters. The van der Waals surface area contributed by atoms with Crippen LogP contribution < -0.4 is 0 Å². The zero-order chi connectivity index (χ0) is 14.3. The second-order valence-corrected chi connectivity index (χ2v) is 5.90. The lowest BCUT2D eigenvalue weighted by atomic mass is 9.95. The Morgan fingerprint density at radius 3 is 2.15 bits per heavy atom. The quantitative estimate of drug-likeness (QED) is 0.832. The van der Waals surface area contributed by atoms with Crippen LogP contribution in [0.1, 0.15) is 57.8 Å². The fraction of sp³-hybridized carbons (Fsp3) is 0.533. The van der Waals surface area contributed by atoms with Gasteiger partial charge in [-0.2, -0.15) is 0 Å². The van der Waals surface area contributed by atoms with Crippen molar-refractivity contribution in [3.05, 3.63) is 28.6 Å². The van der Waals surface area contributed by atoms with E-state index in [9.17, 15) is 14.7 Å². The number of nitrogens with zero attached hydrogens (tertiary/aromatic N) is 1. The first-order chi connectivity index (χ1) is 9.54. The molecule has 5 heteroatoms. The molecule has 0 spiro atoms.